The Morgan fingerprint density at radius 3 is 2.75 bits per heavy atom. The molecule has 1 aromatic carbocycles. The maximum Gasteiger partial charge on any atom is 0.410 e. The molecule has 1 fully saturated rings. The van der Waals surface area contributed by atoms with Crippen LogP contribution in [0.2, 0.25) is 0 Å². The number of nitrogens with zero attached hydrogens (tertiary/aromatic N) is 1. The van der Waals surface area contributed by atoms with E-state index in [1.807, 2.05) is 44.2 Å². The number of benzene rings is 1. The maximum atomic E-state index is 12.3. The molecule has 1 atom stereocenters. The Hall–Kier alpha value is -1.55. The highest BCUT2D eigenvalue weighted by Gasteiger charge is 2.42. The van der Waals surface area contributed by atoms with Crippen molar-refractivity contribution in [3.05, 3.63) is 35.9 Å². The zero-order chi connectivity index (χ0) is 14.6. The molecule has 1 N–H and O–H groups in total. The summed E-state index contributed by atoms with van der Waals surface area (Å²) in [5.41, 5.74) is 0.782. The van der Waals surface area contributed by atoms with Crippen molar-refractivity contribution in [3.8, 4) is 0 Å². The van der Waals surface area contributed by atoms with Gasteiger partial charge in [0.25, 0.3) is 0 Å². The Morgan fingerprint density at radius 1 is 1.40 bits per heavy atom. The number of likely N-dealkylation sites (tertiary alicyclic amines) is 1. The Kier molecular flexibility index (Phi) is 4.65. The minimum absolute atomic E-state index is 0.0817. The Bertz CT molecular complexity index is 444. The van der Waals surface area contributed by atoms with Crippen LogP contribution in [0.4, 0.5) is 4.79 Å². The minimum atomic E-state index is -0.283. The van der Waals surface area contributed by atoms with Crippen molar-refractivity contribution in [1.29, 1.82) is 0 Å². The van der Waals surface area contributed by atoms with E-state index in [9.17, 15) is 4.79 Å². The van der Waals surface area contributed by atoms with Gasteiger partial charge in [-0.1, -0.05) is 30.3 Å². The van der Waals surface area contributed by atoms with Gasteiger partial charge in [-0.15, -0.1) is 0 Å². The maximum absolute atomic E-state index is 12.3. The number of hydrogen-bond acceptors (Lipinski definition) is 3. The predicted octanol–water partition coefficient (Wildman–Crippen LogP) is 2.95. The van der Waals surface area contributed by atoms with Crippen molar-refractivity contribution in [3.63, 3.8) is 0 Å². The van der Waals surface area contributed by atoms with E-state index in [0.29, 0.717) is 6.42 Å². The van der Waals surface area contributed by atoms with E-state index in [-0.39, 0.29) is 30.9 Å². The number of aliphatic hydroxyl groups excluding tert-OH is 1. The molecule has 20 heavy (non-hydrogen) atoms. The number of carbonyl (C=O) groups excluding carboxylic acids is 1. The fourth-order valence-corrected chi connectivity index (χ4v) is 2.87. The van der Waals surface area contributed by atoms with Crippen molar-refractivity contribution in [2.24, 2.45) is 0 Å². The van der Waals surface area contributed by atoms with Gasteiger partial charge in [0.1, 0.15) is 6.61 Å². The number of ether oxygens (including phenoxy) is 1. The zero-order valence-electron chi connectivity index (χ0n) is 12.2. The van der Waals surface area contributed by atoms with Crippen molar-refractivity contribution in [2.75, 3.05) is 6.61 Å². The van der Waals surface area contributed by atoms with Gasteiger partial charge in [0.15, 0.2) is 0 Å². The molecule has 1 aliphatic heterocycles. The first-order valence-electron chi connectivity index (χ1n) is 7.15. The van der Waals surface area contributed by atoms with E-state index < -0.39 is 0 Å². The number of carbonyl (C=O) groups is 1. The van der Waals surface area contributed by atoms with E-state index in [0.717, 1.165) is 18.4 Å². The van der Waals surface area contributed by atoms with Crippen LogP contribution in [0.5, 0.6) is 0 Å². The lowest BCUT2D eigenvalue weighted by atomic mass is 10.0. The Morgan fingerprint density at radius 2 is 2.10 bits per heavy atom. The van der Waals surface area contributed by atoms with Crippen molar-refractivity contribution in [2.45, 2.75) is 51.3 Å². The second-order valence-electron chi connectivity index (χ2n) is 5.93. The molecular formula is C16H23NO3. The van der Waals surface area contributed by atoms with Gasteiger partial charge in [0, 0.05) is 18.2 Å². The number of amides is 1. The molecule has 1 heterocycles. The van der Waals surface area contributed by atoms with Gasteiger partial charge in [-0.25, -0.2) is 4.79 Å². The number of hydrogen-bond donors (Lipinski definition) is 1. The topological polar surface area (TPSA) is 49.8 Å². The predicted molar refractivity (Wildman–Crippen MR) is 77.3 cm³/mol. The SMILES string of the molecule is CC1(C)CC[C@H](CCO)N1C(=O)OCc1ccccc1. The molecule has 0 spiro atoms. The van der Waals surface area contributed by atoms with Gasteiger partial charge in [-0.3, -0.25) is 0 Å². The van der Waals surface area contributed by atoms with Gasteiger partial charge >= 0.3 is 6.09 Å². The lowest BCUT2D eigenvalue weighted by Crippen LogP contribution is -2.47. The van der Waals surface area contributed by atoms with E-state index in [1.165, 1.54) is 0 Å². The zero-order valence-corrected chi connectivity index (χ0v) is 12.2. The van der Waals surface area contributed by atoms with Crippen molar-refractivity contribution >= 4 is 6.09 Å². The highest BCUT2D eigenvalue weighted by atomic mass is 16.6. The summed E-state index contributed by atoms with van der Waals surface area (Å²) in [6.07, 6.45) is 2.20. The first-order chi connectivity index (χ1) is 9.54. The van der Waals surface area contributed by atoms with Gasteiger partial charge in [0.2, 0.25) is 0 Å². The second kappa shape index (κ2) is 6.27. The van der Waals surface area contributed by atoms with Crippen LogP contribution in [0.25, 0.3) is 0 Å². The second-order valence-corrected chi connectivity index (χ2v) is 5.93. The van der Waals surface area contributed by atoms with E-state index >= 15 is 0 Å². The molecule has 0 aromatic heterocycles. The molecule has 0 radical (unpaired) electrons. The Labute approximate surface area is 120 Å². The average Bonchev–Trinajstić information content (AvgIpc) is 2.73. The molecule has 0 aliphatic carbocycles. The number of aliphatic hydroxyl groups is 1. The van der Waals surface area contributed by atoms with Crippen LogP contribution in [-0.4, -0.2) is 34.3 Å². The molecule has 1 saturated heterocycles. The van der Waals surface area contributed by atoms with Crippen LogP contribution in [0.3, 0.4) is 0 Å². The smallest absolute Gasteiger partial charge is 0.410 e. The quantitative estimate of drug-likeness (QED) is 0.920. The lowest BCUT2D eigenvalue weighted by Gasteiger charge is -2.34. The highest BCUT2D eigenvalue weighted by molar-refractivity contribution is 5.69. The molecule has 4 nitrogen and oxygen atoms in total. The van der Waals surface area contributed by atoms with Crippen LogP contribution in [0, 0.1) is 0 Å². The summed E-state index contributed by atoms with van der Waals surface area (Å²) >= 11 is 0. The summed E-state index contributed by atoms with van der Waals surface area (Å²) in [7, 11) is 0. The first-order valence-corrected chi connectivity index (χ1v) is 7.15. The van der Waals surface area contributed by atoms with Gasteiger partial charge in [-0.05, 0) is 38.7 Å². The molecule has 1 aliphatic rings. The van der Waals surface area contributed by atoms with Crippen molar-refractivity contribution < 1.29 is 14.6 Å². The average molecular weight is 277 g/mol. The van der Waals surface area contributed by atoms with E-state index in [4.69, 9.17) is 9.84 Å². The van der Waals surface area contributed by atoms with Crippen LogP contribution >= 0.6 is 0 Å². The molecular weight excluding hydrogens is 254 g/mol. The third-order valence-corrected chi connectivity index (χ3v) is 3.97. The van der Waals surface area contributed by atoms with Crippen LogP contribution in [0.15, 0.2) is 30.3 Å². The molecule has 2 rings (SSSR count). The third-order valence-electron chi connectivity index (χ3n) is 3.97. The first kappa shape index (κ1) is 14.9. The van der Waals surface area contributed by atoms with Crippen molar-refractivity contribution in [1.82, 2.24) is 4.90 Å². The molecule has 0 unspecified atom stereocenters. The summed E-state index contributed by atoms with van der Waals surface area (Å²) in [6, 6.07) is 9.75. The number of rotatable bonds is 4. The lowest BCUT2D eigenvalue weighted by molar-refractivity contribution is 0.0542. The summed E-state index contributed by atoms with van der Waals surface area (Å²) in [5.74, 6) is 0. The summed E-state index contributed by atoms with van der Waals surface area (Å²) in [6.45, 7) is 4.49. The van der Waals surface area contributed by atoms with Crippen LogP contribution in [0.1, 0.15) is 38.7 Å². The van der Waals surface area contributed by atoms with E-state index in [2.05, 4.69) is 0 Å². The van der Waals surface area contributed by atoms with Crippen LogP contribution < -0.4 is 0 Å². The molecule has 0 saturated carbocycles. The Balaban J connectivity index is 1.99. The molecule has 1 aromatic rings. The molecule has 4 heteroatoms. The normalized spacial score (nSPS) is 20.9. The largest absolute Gasteiger partial charge is 0.445 e. The minimum Gasteiger partial charge on any atom is -0.445 e. The fourth-order valence-electron chi connectivity index (χ4n) is 2.87. The summed E-state index contributed by atoms with van der Waals surface area (Å²) in [5, 5.41) is 9.13. The van der Waals surface area contributed by atoms with Crippen LogP contribution in [-0.2, 0) is 11.3 Å². The van der Waals surface area contributed by atoms with Gasteiger partial charge < -0.3 is 14.7 Å². The van der Waals surface area contributed by atoms with Gasteiger partial charge in [0.05, 0.1) is 0 Å². The molecule has 0 bridgehead atoms. The molecule has 1 amide bonds. The third kappa shape index (κ3) is 3.31. The summed E-state index contributed by atoms with van der Waals surface area (Å²) in [4.78, 5) is 14.1. The fraction of sp³-hybridized carbons (Fsp3) is 0.562. The highest BCUT2D eigenvalue weighted by Crippen LogP contribution is 2.35. The molecule has 110 valence electrons. The summed E-state index contributed by atoms with van der Waals surface area (Å²) < 4.78 is 5.43. The monoisotopic (exact) mass is 277 g/mol. The van der Waals surface area contributed by atoms with Gasteiger partial charge in [-0.2, -0.15) is 0 Å². The standard InChI is InChI=1S/C16H23NO3/c1-16(2)10-8-14(9-11-18)17(16)15(19)20-12-13-6-4-3-5-7-13/h3-7,14,18H,8-12H2,1-2H3/t14-/m1/s1. The van der Waals surface area contributed by atoms with E-state index in [1.54, 1.807) is 4.90 Å².